The lowest BCUT2D eigenvalue weighted by Crippen LogP contribution is -2.31. The first-order valence-corrected chi connectivity index (χ1v) is 6.38. The Balaban J connectivity index is 1.96. The van der Waals surface area contributed by atoms with Crippen LogP contribution >= 0.6 is 0 Å². The largest absolute Gasteiger partial charge is 0.466 e. The van der Waals surface area contributed by atoms with Gasteiger partial charge in [-0.3, -0.25) is 9.59 Å². The first-order valence-electron chi connectivity index (χ1n) is 6.38. The molecule has 0 atom stereocenters. The van der Waals surface area contributed by atoms with Crippen molar-refractivity contribution >= 4 is 11.9 Å². The molecule has 1 aliphatic heterocycles. The highest BCUT2D eigenvalue weighted by Gasteiger charge is 2.16. The quantitative estimate of drug-likeness (QED) is 0.523. The summed E-state index contributed by atoms with van der Waals surface area (Å²) < 4.78 is 4.80. The molecule has 0 bridgehead atoms. The standard InChI is InChI=1S/C12H22N2O3/c1-2-17-12(16)6-8-13-7-5-11(15)14-9-3-4-10-14/h13H,2-10H2,1H3. The van der Waals surface area contributed by atoms with E-state index in [-0.39, 0.29) is 11.9 Å². The molecule has 1 rings (SSSR count). The van der Waals surface area contributed by atoms with Crippen LogP contribution in [0.5, 0.6) is 0 Å². The van der Waals surface area contributed by atoms with E-state index in [4.69, 9.17) is 4.74 Å². The number of carbonyl (C=O) groups excluding carboxylic acids is 2. The van der Waals surface area contributed by atoms with Crippen LogP contribution < -0.4 is 5.32 Å². The second-order valence-electron chi connectivity index (χ2n) is 4.14. The van der Waals surface area contributed by atoms with Crippen molar-refractivity contribution in [2.24, 2.45) is 0 Å². The molecular formula is C12H22N2O3. The molecule has 5 heteroatoms. The molecule has 1 N–H and O–H groups in total. The van der Waals surface area contributed by atoms with Crippen LogP contribution in [0.2, 0.25) is 0 Å². The summed E-state index contributed by atoms with van der Waals surface area (Å²) in [6.07, 6.45) is 3.14. The summed E-state index contributed by atoms with van der Waals surface area (Å²) in [6.45, 7) is 5.23. The molecule has 0 aromatic rings. The number of likely N-dealkylation sites (tertiary alicyclic amines) is 1. The zero-order chi connectivity index (χ0) is 12.5. The Labute approximate surface area is 102 Å². The molecule has 0 unspecified atom stereocenters. The number of amides is 1. The normalized spacial score (nSPS) is 15.0. The molecule has 17 heavy (non-hydrogen) atoms. The van der Waals surface area contributed by atoms with Crippen molar-refractivity contribution in [2.45, 2.75) is 32.6 Å². The molecule has 5 nitrogen and oxygen atoms in total. The minimum atomic E-state index is -0.189. The second kappa shape index (κ2) is 8.06. The molecule has 1 saturated heterocycles. The van der Waals surface area contributed by atoms with Crippen LogP contribution in [0.4, 0.5) is 0 Å². The Bertz CT molecular complexity index is 250. The van der Waals surface area contributed by atoms with Crippen LogP contribution in [-0.2, 0) is 14.3 Å². The van der Waals surface area contributed by atoms with Crippen LogP contribution in [0.15, 0.2) is 0 Å². The number of hydrogen-bond acceptors (Lipinski definition) is 4. The van der Waals surface area contributed by atoms with E-state index >= 15 is 0 Å². The number of nitrogens with zero attached hydrogens (tertiary/aromatic N) is 1. The molecule has 0 aromatic heterocycles. The third-order valence-electron chi connectivity index (χ3n) is 2.79. The SMILES string of the molecule is CCOC(=O)CCNCCC(=O)N1CCCC1. The fourth-order valence-corrected chi connectivity index (χ4v) is 1.87. The van der Waals surface area contributed by atoms with E-state index in [0.29, 0.717) is 32.5 Å². The van der Waals surface area contributed by atoms with E-state index in [9.17, 15) is 9.59 Å². The number of rotatable bonds is 7. The van der Waals surface area contributed by atoms with E-state index < -0.39 is 0 Å². The number of carbonyl (C=O) groups is 2. The molecule has 0 aliphatic carbocycles. The molecular weight excluding hydrogens is 220 g/mol. The minimum absolute atomic E-state index is 0.189. The van der Waals surface area contributed by atoms with Crippen LogP contribution in [0, 0.1) is 0 Å². The fourth-order valence-electron chi connectivity index (χ4n) is 1.87. The summed E-state index contributed by atoms with van der Waals surface area (Å²) in [5, 5.41) is 3.08. The maximum absolute atomic E-state index is 11.6. The van der Waals surface area contributed by atoms with Crippen LogP contribution in [0.1, 0.15) is 32.6 Å². The number of hydrogen-bond donors (Lipinski definition) is 1. The van der Waals surface area contributed by atoms with E-state index in [2.05, 4.69) is 5.32 Å². The summed E-state index contributed by atoms with van der Waals surface area (Å²) in [4.78, 5) is 24.6. The summed E-state index contributed by atoms with van der Waals surface area (Å²) in [5.41, 5.74) is 0. The van der Waals surface area contributed by atoms with Crippen molar-refractivity contribution in [3.8, 4) is 0 Å². The molecule has 0 radical (unpaired) electrons. The van der Waals surface area contributed by atoms with Gasteiger partial charge in [-0.1, -0.05) is 0 Å². The highest BCUT2D eigenvalue weighted by molar-refractivity contribution is 5.76. The second-order valence-corrected chi connectivity index (χ2v) is 4.14. The number of nitrogens with one attached hydrogen (secondary N) is 1. The van der Waals surface area contributed by atoms with Gasteiger partial charge in [0, 0.05) is 32.6 Å². The average Bonchev–Trinajstić information content (AvgIpc) is 2.82. The van der Waals surface area contributed by atoms with Crippen molar-refractivity contribution < 1.29 is 14.3 Å². The van der Waals surface area contributed by atoms with Gasteiger partial charge in [-0.15, -0.1) is 0 Å². The lowest BCUT2D eigenvalue weighted by Gasteiger charge is -2.15. The number of ether oxygens (including phenoxy) is 1. The monoisotopic (exact) mass is 242 g/mol. The smallest absolute Gasteiger partial charge is 0.307 e. The molecule has 1 fully saturated rings. The van der Waals surface area contributed by atoms with Gasteiger partial charge in [0.15, 0.2) is 0 Å². The summed E-state index contributed by atoms with van der Waals surface area (Å²) in [5.74, 6) is 0.0250. The Morgan fingerprint density at radius 1 is 1.18 bits per heavy atom. The molecule has 1 aliphatic rings. The summed E-state index contributed by atoms with van der Waals surface area (Å²) >= 11 is 0. The van der Waals surface area contributed by atoms with Crippen LogP contribution in [0.3, 0.4) is 0 Å². The van der Waals surface area contributed by atoms with Crippen molar-refractivity contribution in [1.29, 1.82) is 0 Å². The molecule has 0 saturated carbocycles. The van der Waals surface area contributed by atoms with Gasteiger partial charge < -0.3 is 15.0 Å². The zero-order valence-corrected chi connectivity index (χ0v) is 10.5. The number of esters is 1. The van der Waals surface area contributed by atoms with Gasteiger partial charge in [0.05, 0.1) is 13.0 Å². The van der Waals surface area contributed by atoms with Gasteiger partial charge >= 0.3 is 5.97 Å². The highest BCUT2D eigenvalue weighted by atomic mass is 16.5. The molecule has 0 aromatic carbocycles. The van der Waals surface area contributed by atoms with Crippen LogP contribution in [-0.4, -0.2) is 49.6 Å². The molecule has 1 amide bonds. The van der Waals surface area contributed by atoms with E-state index in [1.807, 2.05) is 4.90 Å². The predicted octanol–water partition coefficient (Wildman–Crippen LogP) is 0.542. The molecule has 98 valence electrons. The highest BCUT2D eigenvalue weighted by Crippen LogP contribution is 2.08. The maximum atomic E-state index is 11.6. The van der Waals surface area contributed by atoms with Gasteiger partial charge in [-0.2, -0.15) is 0 Å². The Morgan fingerprint density at radius 3 is 2.47 bits per heavy atom. The van der Waals surface area contributed by atoms with Crippen molar-refractivity contribution in [3.05, 3.63) is 0 Å². The molecule has 1 heterocycles. The third-order valence-corrected chi connectivity index (χ3v) is 2.79. The van der Waals surface area contributed by atoms with Gasteiger partial charge in [-0.05, 0) is 19.8 Å². The first-order chi connectivity index (χ1) is 8.24. The van der Waals surface area contributed by atoms with Crippen molar-refractivity contribution in [2.75, 3.05) is 32.8 Å². The Kier molecular flexibility index (Phi) is 6.62. The van der Waals surface area contributed by atoms with Crippen molar-refractivity contribution in [1.82, 2.24) is 10.2 Å². The van der Waals surface area contributed by atoms with Crippen LogP contribution in [0.25, 0.3) is 0 Å². The third kappa shape index (κ3) is 5.68. The van der Waals surface area contributed by atoms with Gasteiger partial charge in [-0.25, -0.2) is 0 Å². The first kappa shape index (κ1) is 14.0. The lowest BCUT2D eigenvalue weighted by atomic mass is 10.3. The van der Waals surface area contributed by atoms with Gasteiger partial charge in [0.2, 0.25) is 5.91 Å². The zero-order valence-electron chi connectivity index (χ0n) is 10.5. The minimum Gasteiger partial charge on any atom is -0.466 e. The average molecular weight is 242 g/mol. The van der Waals surface area contributed by atoms with Gasteiger partial charge in [0.1, 0.15) is 0 Å². The van der Waals surface area contributed by atoms with Crippen molar-refractivity contribution in [3.63, 3.8) is 0 Å². The van der Waals surface area contributed by atoms with E-state index in [1.54, 1.807) is 6.92 Å². The van der Waals surface area contributed by atoms with Gasteiger partial charge in [0.25, 0.3) is 0 Å². The fraction of sp³-hybridized carbons (Fsp3) is 0.833. The summed E-state index contributed by atoms with van der Waals surface area (Å²) in [6, 6.07) is 0. The van der Waals surface area contributed by atoms with E-state index in [1.165, 1.54) is 0 Å². The molecule has 0 spiro atoms. The Morgan fingerprint density at radius 2 is 1.82 bits per heavy atom. The topological polar surface area (TPSA) is 58.6 Å². The maximum Gasteiger partial charge on any atom is 0.307 e. The van der Waals surface area contributed by atoms with E-state index in [0.717, 1.165) is 25.9 Å². The lowest BCUT2D eigenvalue weighted by molar-refractivity contribution is -0.142. The Hall–Kier alpha value is -1.10. The summed E-state index contributed by atoms with van der Waals surface area (Å²) in [7, 11) is 0. The predicted molar refractivity (Wildman–Crippen MR) is 64.6 cm³/mol.